The number of aliphatic carboxylic acids is 1. The highest BCUT2D eigenvalue weighted by Crippen LogP contribution is 2.08. The fraction of sp³-hybridized carbons (Fsp3) is 0.778. The van der Waals surface area contributed by atoms with Crippen LogP contribution in [0.5, 0.6) is 0 Å². The number of carboxylic acids is 1. The molecule has 6 nitrogen and oxygen atoms in total. The number of aliphatic hydroxyl groups is 1. The van der Waals surface area contributed by atoms with Gasteiger partial charge in [-0.3, -0.25) is 4.79 Å². The van der Waals surface area contributed by atoms with Crippen molar-refractivity contribution in [2.24, 2.45) is 5.92 Å². The molecule has 0 spiro atoms. The number of nitrogens with one attached hydrogen (secondary N) is 2. The second kappa shape index (κ2) is 4.59. The van der Waals surface area contributed by atoms with Gasteiger partial charge < -0.3 is 20.8 Å². The average Bonchev–Trinajstić information content (AvgIpc) is 2.08. The third kappa shape index (κ3) is 3.49. The normalized spacial score (nSPS) is 20.1. The van der Waals surface area contributed by atoms with Crippen LogP contribution in [0.2, 0.25) is 0 Å². The second-order valence-electron chi connectivity index (χ2n) is 4.08. The largest absolute Gasteiger partial charge is 0.479 e. The standard InChI is InChI=1S/C9H16N2O4/c1-9(15,8(13)14)5-11-7(12)2-6-3-10-4-6/h6,10,15H,2-5H2,1H3,(H,11,12)(H,13,14). The number of hydrogen-bond donors (Lipinski definition) is 4. The predicted molar refractivity (Wildman–Crippen MR) is 52.2 cm³/mol. The molecule has 1 fully saturated rings. The van der Waals surface area contributed by atoms with Crippen molar-refractivity contribution < 1.29 is 19.8 Å². The van der Waals surface area contributed by atoms with Gasteiger partial charge in [0.15, 0.2) is 5.60 Å². The van der Waals surface area contributed by atoms with Crippen LogP contribution >= 0.6 is 0 Å². The van der Waals surface area contributed by atoms with E-state index in [0.29, 0.717) is 12.3 Å². The molecule has 1 aliphatic rings. The van der Waals surface area contributed by atoms with E-state index < -0.39 is 11.6 Å². The van der Waals surface area contributed by atoms with Crippen molar-refractivity contribution in [3.8, 4) is 0 Å². The smallest absolute Gasteiger partial charge is 0.337 e. The first-order valence-corrected chi connectivity index (χ1v) is 4.85. The van der Waals surface area contributed by atoms with Crippen LogP contribution in [0.3, 0.4) is 0 Å². The first-order chi connectivity index (χ1) is 6.92. The number of amides is 1. The minimum absolute atomic E-state index is 0.219. The molecule has 0 aromatic heterocycles. The van der Waals surface area contributed by atoms with E-state index in [2.05, 4.69) is 10.6 Å². The molecule has 0 saturated carbocycles. The first-order valence-electron chi connectivity index (χ1n) is 4.85. The van der Waals surface area contributed by atoms with E-state index in [-0.39, 0.29) is 12.5 Å². The summed E-state index contributed by atoms with van der Waals surface area (Å²) in [7, 11) is 0. The van der Waals surface area contributed by atoms with E-state index in [1.54, 1.807) is 0 Å². The van der Waals surface area contributed by atoms with Crippen molar-refractivity contribution in [3.63, 3.8) is 0 Å². The van der Waals surface area contributed by atoms with Crippen LogP contribution in [-0.2, 0) is 9.59 Å². The van der Waals surface area contributed by atoms with Crippen molar-refractivity contribution in [2.45, 2.75) is 18.9 Å². The summed E-state index contributed by atoms with van der Waals surface area (Å²) in [5.41, 5.74) is -1.90. The summed E-state index contributed by atoms with van der Waals surface area (Å²) < 4.78 is 0. The Hall–Kier alpha value is -1.14. The molecule has 0 radical (unpaired) electrons. The summed E-state index contributed by atoms with van der Waals surface area (Å²) in [6.45, 7) is 2.54. The van der Waals surface area contributed by atoms with Gasteiger partial charge in [-0.25, -0.2) is 4.79 Å². The molecular formula is C9H16N2O4. The molecule has 0 aromatic rings. The second-order valence-corrected chi connectivity index (χ2v) is 4.08. The Labute approximate surface area is 87.7 Å². The molecule has 1 saturated heterocycles. The zero-order chi connectivity index (χ0) is 11.5. The van der Waals surface area contributed by atoms with Gasteiger partial charge in [0.25, 0.3) is 0 Å². The average molecular weight is 216 g/mol. The van der Waals surface area contributed by atoms with Gasteiger partial charge >= 0.3 is 5.97 Å². The lowest BCUT2D eigenvalue weighted by molar-refractivity contribution is -0.156. The van der Waals surface area contributed by atoms with Crippen LogP contribution in [0.4, 0.5) is 0 Å². The summed E-state index contributed by atoms with van der Waals surface area (Å²) in [5.74, 6) is -1.23. The summed E-state index contributed by atoms with van der Waals surface area (Å²) in [5, 5.41) is 23.3. The lowest BCUT2D eigenvalue weighted by Gasteiger charge is -2.27. The van der Waals surface area contributed by atoms with E-state index in [9.17, 15) is 14.7 Å². The van der Waals surface area contributed by atoms with Crippen molar-refractivity contribution in [2.75, 3.05) is 19.6 Å². The maximum atomic E-state index is 11.3. The van der Waals surface area contributed by atoms with Crippen LogP contribution in [-0.4, -0.2) is 47.3 Å². The highest BCUT2D eigenvalue weighted by Gasteiger charge is 2.30. The van der Waals surface area contributed by atoms with Gasteiger partial charge in [0.1, 0.15) is 0 Å². The van der Waals surface area contributed by atoms with Crippen molar-refractivity contribution >= 4 is 11.9 Å². The lowest BCUT2D eigenvalue weighted by Crippen LogP contribution is -2.49. The highest BCUT2D eigenvalue weighted by atomic mass is 16.4. The molecule has 4 N–H and O–H groups in total. The van der Waals surface area contributed by atoms with E-state index in [1.165, 1.54) is 0 Å². The molecule has 1 atom stereocenters. The van der Waals surface area contributed by atoms with Crippen LogP contribution in [0.25, 0.3) is 0 Å². The molecule has 0 bridgehead atoms. The zero-order valence-electron chi connectivity index (χ0n) is 8.62. The van der Waals surface area contributed by atoms with Gasteiger partial charge in [0.2, 0.25) is 5.91 Å². The summed E-state index contributed by atoms with van der Waals surface area (Å²) in [6.07, 6.45) is 0.378. The van der Waals surface area contributed by atoms with Crippen LogP contribution in [0.15, 0.2) is 0 Å². The Balaban J connectivity index is 2.23. The maximum absolute atomic E-state index is 11.3. The van der Waals surface area contributed by atoms with Crippen molar-refractivity contribution in [3.05, 3.63) is 0 Å². The fourth-order valence-electron chi connectivity index (χ4n) is 1.17. The summed E-state index contributed by atoms with van der Waals surface area (Å²) in [4.78, 5) is 21.8. The predicted octanol–water partition coefficient (Wildman–Crippen LogP) is -1.45. The number of carbonyl (C=O) groups excluding carboxylic acids is 1. The van der Waals surface area contributed by atoms with E-state index in [1.807, 2.05) is 0 Å². The Morgan fingerprint density at radius 2 is 2.13 bits per heavy atom. The van der Waals surface area contributed by atoms with E-state index in [0.717, 1.165) is 20.0 Å². The van der Waals surface area contributed by atoms with Gasteiger partial charge in [0.05, 0.1) is 6.54 Å². The number of carbonyl (C=O) groups is 2. The molecule has 86 valence electrons. The summed E-state index contributed by atoms with van der Waals surface area (Å²) in [6, 6.07) is 0. The Morgan fingerprint density at radius 1 is 1.53 bits per heavy atom. The Kier molecular flexibility index (Phi) is 3.65. The number of hydrogen-bond acceptors (Lipinski definition) is 4. The van der Waals surface area contributed by atoms with Crippen molar-refractivity contribution in [1.82, 2.24) is 10.6 Å². The molecule has 0 aliphatic carbocycles. The monoisotopic (exact) mass is 216 g/mol. The van der Waals surface area contributed by atoms with Gasteiger partial charge in [-0.15, -0.1) is 0 Å². The summed E-state index contributed by atoms with van der Waals surface area (Å²) >= 11 is 0. The molecule has 1 heterocycles. The van der Waals surface area contributed by atoms with Crippen molar-refractivity contribution in [1.29, 1.82) is 0 Å². The number of carboxylic acid groups (broad SMARTS) is 1. The molecule has 6 heteroatoms. The SMILES string of the molecule is CC(O)(CNC(=O)CC1CNC1)C(=O)O. The topological polar surface area (TPSA) is 98.7 Å². The fourth-order valence-corrected chi connectivity index (χ4v) is 1.17. The molecule has 1 aliphatic heterocycles. The zero-order valence-corrected chi connectivity index (χ0v) is 8.62. The molecule has 1 unspecified atom stereocenters. The van der Waals surface area contributed by atoms with Crippen LogP contribution in [0.1, 0.15) is 13.3 Å². The minimum atomic E-state index is -1.90. The van der Waals surface area contributed by atoms with Crippen LogP contribution in [0, 0.1) is 5.92 Å². The molecule has 15 heavy (non-hydrogen) atoms. The maximum Gasteiger partial charge on any atom is 0.337 e. The quantitative estimate of drug-likeness (QED) is 0.450. The lowest BCUT2D eigenvalue weighted by atomic mass is 9.99. The van der Waals surface area contributed by atoms with Gasteiger partial charge in [-0.1, -0.05) is 0 Å². The Morgan fingerprint density at radius 3 is 2.53 bits per heavy atom. The highest BCUT2D eigenvalue weighted by molar-refractivity contribution is 5.80. The first kappa shape index (κ1) is 11.9. The van der Waals surface area contributed by atoms with Gasteiger partial charge in [0, 0.05) is 6.42 Å². The van der Waals surface area contributed by atoms with Gasteiger partial charge in [-0.05, 0) is 25.9 Å². The van der Waals surface area contributed by atoms with E-state index in [4.69, 9.17) is 5.11 Å². The molecule has 0 aromatic carbocycles. The molecular weight excluding hydrogens is 200 g/mol. The third-order valence-corrected chi connectivity index (χ3v) is 2.43. The van der Waals surface area contributed by atoms with Crippen LogP contribution < -0.4 is 10.6 Å². The third-order valence-electron chi connectivity index (χ3n) is 2.43. The number of rotatable bonds is 5. The van der Waals surface area contributed by atoms with E-state index >= 15 is 0 Å². The van der Waals surface area contributed by atoms with Gasteiger partial charge in [-0.2, -0.15) is 0 Å². The minimum Gasteiger partial charge on any atom is -0.479 e. The molecule has 1 rings (SSSR count). The Bertz CT molecular complexity index is 261. The molecule has 1 amide bonds.